The summed E-state index contributed by atoms with van der Waals surface area (Å²) >= 11 is 3.83. The zero-order valence-corrected chi connectivity index (χ0v) is 13.9. The Hall–Kier alpha value is 0.0200. The molecule has 1 saturated heterocycles. The molecule has 1 heterocycles. The highest BCUT2D eigenvalue weighted by atomic mass is 79.9. The van der Waals surface area contributed by atoms with Crippen molar-refractivity contribution in [3.63, 3.8) is 0 Å². The van der Waals surface area contributed by atoms with Gasteiger partial charge in [0.1, 0.15) is 0 Å². The van der Waals surface area contributed by atoms with Gasteiger partial charge < -0.3 is 4.74 Å². The van der Waals surface area contributed by atoms with E-state index in [1.807, 2.05) is 0 Å². The van der Waals surface area contributed by atoms with Crippen LogP contribution in [0.5, 0.6) is 0 Å². The van der Waals surface area contributed by atoms with Gasteiger partial charge in [-0.15, -0.1) is 0 Å². The van der Waals surface area contributed by atoms with Crippen molar-refractivity contribution in [2.45, 2.75) is 63.8 Å². The smallest absolute Gasteiger partial charge is 0.223 e. The zero-order valence-electron chi connectivity index (χ0n) is 12.3. The van der Waals surface area contributed by atoms with Crippen LogP contribution >= 0.6 is 15.9 Å². The minimum absolute atomic E-state index is 0.140. The van der Waals surface area contributed by atoms with E-state index in [0.29, 0.717) is 5.41 Å². The van der Waals surface area contributed by atoms with Crippen LogP contribution in [0.4, 0.5) is 0 Å². The predicted octanol–water partition coefficient (Wildman–Crippen LogP) is 5.25. The Balaban J connectivity index is 1.61. The molecular formula is C17H25BrO. The maximum atomic E-state index is 5.99. The Bertz CT molecular complexity index is 409. The molecule has 0 aromatic heterocycles. The monoisotopic (exact) mass is 324 g/mol. The van der Waals surface area contributed by atoms with Gasteiger partial charge in [-0.25, -0.2) is 0 Å². The van der Waals surface area contributed by atoms with E-state index in [0.717, 1.165) is 17.8 Å². The number of halogens is 1. The highest BCUT2D eigenvalue weighted by molar-refractivity contribution is 9.10. The first kappa shape index (κ1) is 12.7. The number of hydrogen-bond acceptors (Lipinski definition) is 1. The third-order valence-electron chi connectivity index (χ3n) is 6.01. The molecule has 4 saturated carbocycles. The summed E-state index contributed by atoms with van der Waals surface area (Å²) in [5.41, 5.74) is 0.631. The summed E-state index contributed by atoms with van der Waals surface area (Å²) in [6.45, 7) is 6.76. The maximum Gasteiger partial charge on any atom is 0.223 e. The van der Waals surface area contributed by atoms with E-state index in [4.69, 9.17) is 4.74 Å². The van der Waals surface area contributed by atoms with E-state index in [9.17, 15) is 0 Å². The molecule has 0 unspecified atom stereocenters. The fourth-order valence-electron chi connectivity index (χ4n) is 5.40. The number of ether oxygens (including phenoxy) is 1. The lowest BCUT2D eigenvalue weighted by Crippen LogP contribution is -2.45. The molecule has 19 heavy (non-hydrogen) atoms. The van der Waals surface area contributed by atoms with E-state index in [1.54, 1.807) is 0 Å². The van der Waals surface area contributed by atoms with Crippen molar-refractivity contribution in [3.8, 4) is 0 Å². The largest absolute Gasteiger partial charge is 0.467 e. The van der Waals surface area contributed by atoms with Crippen molar-refractivity contribution in [1.29, 1.82) is 0 Å². The maximum absolute atomic E-state index is 5.99. The van der Waals surface area contributed by atoms with Crippen LogP contribution in [0.15, 0.2) is 11.8 Å². The van der Waals surface area contributed by atoms with Gasteiger partial charge in [0.2, 0.25) is 4.51 Å². The fraction of sp³-hybridized carbons (Fsp3) is 0.882. The van der Waals surface area contributed by atoms with Crippen molar-refractivity contribution in [3.05, 3.63) is 11.8 Å². The number of rotatable bonds is 1. The lowest BCUT2D eigenvalue weighted by Gasteiger charge is -2.55. The summed E-state index contributed by atoms with van der Waals surface area (Å²) in [7, 11) is 0. The van der Waals surface area contributed by atoms with Crippen LogP contribution in [0.3, 0.4) is 0 Å². The van der Waals surface area contributed by atoms with E-state index in [2.05, 4.69) is 42.8 Å². The molecule has 5 fully saturated rings. The standard InChI is InChI=1S/C17H25BrO/c1-15(2,3)17(18)14(19-17)10-16-7-11-4-12(8-16)6-13(5-11)9-16/h10-13H,4-9H2,1-3H3/b14-10+/t11?,12?,13?,16?,17-/m1/s1. The summed E-state index contributed by atoms with van der Waals surface area (Å²) in [6, 6.07) is 0. The molecule has 0 amide bonds. The van der Waals surface area contributed by atoms with Gasteiger partial charge in [0.25, 0.3) is 0 Å². The average Bonchev–Trinajstić information content (AvgIpc) is 2.86. The average molecular weight is 325 g/mol. The molecule has 1 atom stereocenters. The number of allylic oxidation sites excluding steroid dienone is 1. The summed E-state index contributed by atoms with van der Waals surface area (Å²) in [6.07, 6.45) is 11.4. The Labute approximate surface area is 125 Å². The van der Waals surface area contributed by atoms with Gasteiger partial charge in [-0.3, -0.25) is 0 Å². The van der Waals surface area contributed by atoms with Gasteiger partial charge in [-0.05, 0) is 83.7 Å². The molecule has 0 aromatic carbocycles. The molecule has 2 heteroatoms. The molecule has 0 spiro atoms. The molecule has 0 aromatic rings. The second-order valence-electron chi connectivity index (χ2n) is 8.74. The van der Waals surface area contributed by atoms with Crippen LogP contribution in [0, 0.1) is 28.6 Å². The van der Waals surface area contributed by atoms with Crippen molar-refractivity contribution < 1.29 is 4.74 Å². The summed E-state index contributed by atoms with van der Waals surface area (Å²) < 4.78 is 5.81. The summed E-state index contributed by atoms with van der Waals surface area (Å²) in [5.74, 6) is 4.27. The first-order valence-corrected chi connectivity index (χ1v) is 8.70. The highest BCUT2D eigenvalue weighted by Crippen LogP contribution is 2.64. The second-order valence-corrected chi connectivity index (χ2v) is 9.85. The van der Waals surface area contributed by atoms with Crippen LogP contribution < -0.4 is 0 Å². The molecule has 4 aliphatic carbocycles. The fourth-order valence-corrected chi connectivity index (χ4v) is 5.69. The molecule has 0 radical (unpaired) electrons. The lowest BCUT2D eigenvalue weighted by molar-refractivity contribution is -0.0242. The zero-order chi connectivity index (χ0) is 13.5. The van der Waals surface area contributed by atoms with Crippen LogP contribution in [-0.2, 0) is 4.74 Å². The molecular weight excluding hydrogens is 300 g/mol. The van der Waals surface area contributed by atoms with Crippen LogP contribution in [-0.4, -0.2) is 4.51 Å². The quantitative estimate of drug-likeness (QED) is 0.473. The van der Waals surface area contributed by atoms with Gasteiger partial charge in [0, 0.05) is 5.41 Å². The van der Waals surface area contributed by atoms with Gasteiger partial charge >= 0.3 is 0 Å². The number of hydrogen-bond donors (Lipinski definition) is 0. The summed E-state index contributed by atoms with van der Waals surface area (Å²) in [4.78, 5) is 0. The van der Waals surface area contributed by atoms with Gasteiger partial charge in [0.15, 0.2) is 5.76 Å². The van der Waals surface area contributed by atoms with E-state index >= 15 is 0 Å². The molecule has 106 valence electrons. The Kier molecular flexibility index (Phi) is 2.42. The molecule has 5 rings (SSSR count). The Morgan fingerprint density at radius 3 is 1.89 bits per heavy atom. The van der Waals surface area contributed by atoms with Crippen LogP contribution in [0.1, 0.15) is 59.3 Å². The highest BCUT2D eigenvalue weighted by Gasteiger charge is 2.61. The SMILES string of the molecule is CC(C)(C)[C@]1(Br)O/C1=C/C12CC3CC(CC(C3)C1)C2. The van der Waals surface area contributed by atoms with Crippen molar-refractivity contribution in [2.24, 2.45) is 28.6 Å². The predicted molar refractivity (Wildman–Crippen MR) is 80.9 cm³/mol. The third-order valence-corrected chi connectivity index (χ3v) is 7.76. The van der Waals surface area contributed by atoms with Crippen LogP contribution in [0.2, 0.25) is 0 Å². The first-order chi connectivity index (χ1) is 8.80. The Morgan fingerprint density at radius 2 is 1.53 bits per heavy atom. The van der Waals surface area contributed by atoms with Crippen LogP contribution in [0.25, 0.3) is 0 Å². The van der Waals surface area contributed by atoms with Crippen molar-refractivity contribution >= 4 is 15.9 Å². The van der Waals surface area contributed by atoms with E-state index in [1.165, 1.54) is 44.3 Å². The minimum atomic E-state index is -0.177. The molecule has 0 N–H and O–H groups in total. The minimum Gasteiger partial charge on any atom is -0.467 e. The number of alkyl halides is 1. The number of epoxide rings is 1. The molecule has 1 aliphatic heterocycles. The summed E-state index contributed by atoms with van der Waals surface area (Å²) in [5, 5.41) is 0. The van der Waals surface area contributed by atoms with Gasteiger partial charge in [-0.1, -0.05) is 20.8 Å². The first-order valence-electron chi connectivity index (χ1n) is 7.91. The third kappa shape index (κ3) is 1.85. The molecule has 5 aliphatic rings. The Morgan fingerprint density at radius 1 is 1.05 bits per heavy atom. The van der Waals surface area contributed by atoms with Crippen molar-refractivity contribution in [1.82, 2.24) is 0 Å². The van der Waals surface area contributed by atoms with Gasteiger partial charge in [0.05, 0.1) is 0 Å². The topological polar surface area (TPSA) is 12.5 Å². The second kappa shape index (κ2) is 3.61. The van der Waals surface area contributed by atoms with Gasteiger partial charge in [-0.2, -0.15) is 0 Å². The lowest BCUT2D eigenvalue weighted by atomic mass is 9.49. The normalized spacial score (nSPS) is 53.5. The van der Waals surface area contributed by atoms with E-state index in [-0.39, 0.29) is 9.93 Å². The molecule has 4 bridgehead atoms. The van der Waals surface area contributed by atoms with Crippen molar-refractivity contribution in [2.75, 3.05) is 0 Å². The van der Waals surface area contributed by atoms with E-state index < -0.39 is 0 Å². The molecule has 1 nitrogen and oxygen atoms in total.